The summed E-state index contributed by atoms with van der Waals surface area (Å²) >= 11 is 9.08. The minimum Gasteiger partial charge on any atom is -0.315 e. The molecule has 0 saturated heterocycles. The summed E-state index contributed by atoms with van der Waals surface area (Å²) in [4.78, 5) is 17.8. The standard InChI is InChI=1S/C22H25ClN2O3S3/c1-15-13-16(2)21-19(14-15)25(10-11-29-3)22(30-21)24-20(26)5-4-12-31(27,28)18-8-6-17(23)7-9-18/h6-9,13-14H,4-5,10-12H2,1-3H3. The molecule has 0 unspecified atom stereocenters. The fourth-order valence-corrected chi connectivity index (χ4v) is 6.26. The average molecular weight is 497 g/mol. The lowest BCUT2D eigenvalue weighted by Crippen LogP contribution is -2.18. The van der Waals surface area contributed by atoms with Gasteiger partial charge in [0.25, 0.3) is 0 Å². The van der Waals surface area contributed by atoms with Crippen molar-refractivity contribution >= 4 is 60.7 Å². The Morgan fingerprint density at radius 1 is 1.19 bits per heavy atom. The van der Waals surface area contributed by atoms with Gasteiger partial charge in [-0.25, -0.2) is 8.42 Å². The van der Waals surface area contributed by atoms with Gasteiger partial charge in [-0.05, 0) is 68.0 Å². The van der Waals surface area contributed by atoms with Crippen molar-refractivity contribution in [2.45, 2.75) is 38.1 Å². The zero-order valence-electron chi connectivity index (χ0n) is 17.7. The van der Waals surface area contributed by atoms with Gasteiger partial charge in [0.05, 0.1) is 20.9 Å². The Balaban J connectivity index is 1.78. The molecule has 3 aromatic rings. The molecule has 2 aromatic carbocycles. The summed E-state index contributed by atoms with van der Waals surface area (Å²) in [6, 6.07) is 10.3. The maximum Gasteiger partial charge on any atom is 0.248 e. The van der Waals surface area contributed by atoms with Crippen molar-refractivity contribution in [1.29, 1.82) is 0 Å². The molecule has 1 heterocycles. The number of rotatable bonds is 8. The number of aromatic nitrogens is 1. The van der Waals surface area contributed by atoms with E-state index in [9.17, 15) is 13.2 Å². The Labute approximate surface area is 196 Å². The molecule has 1 aromatic heterocycles. The van der Waals surface area contributed by atoms with Gasteiger partial charge in [-0.2, -0.15) is 16.8 Å². The highest BCUT2D eigenvalue weighted by Crippen LogP contribution is 2.24. The van der Waals surface area contributed by atoms with Gasteiger partial charge < -0.3 is 4.57 Å². The number of hydrogen-bond donors (Lipinski definition) is 0. The summed E-state index contributed by atoms with van der Waals surface area (Å²) < 4.78 is 28.1. The van der Waals surface area contributed by atoms with E-state index >= 15 is 0 Å². The molecular weight excluding hydrogens is 472 g/mol. The highest BCUT2D eigenvalue weighted by Gasteiger charge is 2.15. The highest BCUT2D eigenvalue weighted by atomic mass is 35.5. The Hall–Kier alpha value is -1.61. The summed E-state index contributed by atoms with van der Waals surface area (Å²) in [6.07, 6.45) is 2.36. The molecule has 1 amide bonds. The minimum absolute atomic E-state index is 0.0849. The van der Waals surface area contributed by atoms with E-state index in [1.54, 1.807) is 23.9 Å². The van der Waals surface area contributed by atoms with E-state index < -0.39 is 9.84 Å². The number of benzene rings is 2. The molecule has 0 atom stereocenters. The third-order valence-corrected chi connectivity index (χ3v) is 8.72. The Kier molecular flexibility index (Phi) is 8.02. The lowest BCUT2D eigenvalue weighted by atomic mass is 10.1. The number of amides is 1. The van der Waals surface area contributed by atoms with Crippen LogP contribution in [0.2, 0.25) is 5.02 Å². The van der Waals surface area contributed by atoms with E-state index in [1.165, 1.54) is 34.6 Å². The fourth-order valence-electron chi connectivity index (χ4n) is 3.33. The summed E-state index contributed by atoms with van der Waals surface area (Å²) in [5.41, 5.74) is 3.43. The molecular formula is C22H25ClN2O3S3. The van der Waals surface area contributed by atoms with E-state index in [0.29, 0.717) is 9.82 Å². The molecule has 0 saturated carbocycles. The van der Waals surface area contributed by atoms with Gasteiger partial charge in [0.1, 0.15) is 0 Å². The van der Waals surface area contributed by atoms with Crippen LogP contribution in [0.5, 0.6) is 0 Å². The number of hydrogen-bond acceptors (Lipinski definition) is 5. The molecule has 0 aliphatic carbocycles. The first-order chi connectivity index (χ1) is 14.7. The molecule has 9 heteroatoms. The number of aryl methyl sites for hydroxylation is 3. The van der Waals surface area contributed by atoms with Crippen molar-refractivity contribution in [2.75, 3.05) is 17.8 Å². The molecule has 166 valence electrons. The molecule has 3 rings (SSSR count). The minimum atomic E-state index is -3.45. The summed E-state index contributed by atoms with van der Waals surface area (Å²) in [7, 11) is -3.45. The average Bonchev–Trinajstić information content (AvgIpc) is 3.03. The Morgan fingerprint density at radius 2 is 1.90 bits per heavy atom. The molecule has 0 N–H and O–H groups in total. The molecule has 5 nitrogen and oxygen atoms in total. The van der Waals surface area contributed by atoms with Crippen LogP contribution in [0.4, 0.5) is 0 Å². The fraction of sp³-hybridized carbons (Fsp3) is 0.364. The van der Waals surface area contributed by atoms with Gasteiger partial charge in [-0.1, -0.05) is 29.0 Å². The first-order valence-corrected chi connectivity index (χ1v) is 14.1. The molecule has 31 heavy (non-hydrogen) atoms. The van der Waals surface area contributed by atoms with E-state index in [2.05, 4.69) is 41.8 Å². The van der Waals surface area contributed by atoms with Crippen LogP contribution < -0.4 is 4.80 Å². The topological polar surface area (TPSA) is 68.5 Å². The maximum absolute atomic E-state index is 12.5. The SMILES string of the molecule is CSCCn1c(=NC(=O)CCCS(=O)(=O)c2ccc(Cl)cc2)sc2c(C)cc(C)cc21. The van der Waals surface area contributed by atoms with Crippen LogP contribution in [-0.4, -0.2) is 36.7 Å². The summed E-state index contributed by atoms with van der Waals surface area (Å²) in [5, 5.41) is 0.483. The second-order valence-corrected chi connectivity index (χ2v) is 11.8. The molecule has 0 fully saturated rings. The predicted molar refractivity (Wildman–Crippen MR) is 131 cm³/mol. The van der Waals surface area contributed by atoms with Crippen molar-refractivity contribution in [2.24, 2.45) is 4.99 Å². The lowest BCUT2D eigenvalue weighted by molar-refractivity contribution is -0.118. The third kappa shape index (κ3) is 6.00. The quantitative estimate of drug-likeness (QED) is 0.439. The van der Waals surface area contributed by atoms with E-state index in [0.717, 1.165) is 22.5 Å². The zero-order chi connectivity index (χ0) is 22.6. The van der Waals surface area contributed by atoms with Crippen LogP contribution in [0.25, 0.3) is 10.2 Å². The maximum atomic E-state index is 12.5. The zero-order valence-corrected chi connectivity index (χ0v) is 20.9. The smallest absolute Gasteiger partial charge is 0.248 e. The van der Waals surface area contributed by atoms with Crippen molar-refractivity contribution in [1.82, 2.24) is 4.57 Å². The van der Waals surface area contributed by atoms with Crippen LogP contribution in [0.3, 0.4) is 0 Å². The number of thioether (sulfide) groups is 1. The van der Waals surface area contributed by atoms with Gasteiger partial charge in [0, 0.05) is 23.7 Å². The molecule has 0 bridgehead atoms. The number of carbonyl (C=O) groups excluding carboxylic acids is 1. The molecule has 0 aliphatic rings. The van der Waals surface area contributed by atoms with Gasteiger partial charge in [-0.15, -0.1) is 0 Å². The Bertz CT molecular complexity index is 1260. The van der Waals surface area contributed by atoms with Gasteiger partial charge in [0.2, 0.25) is 5.91 Å². The van der Waals surface area contributed by atoms with E-state index in [1.807, 2.05) is 0 Å². The molecule has 0 radical (unpaired) electrons. The first-order valence-electron chi connectivity index (χ1n) is 9.86. The van der Waals surface area contributed by atoms with Gasteiger partial charge in [-0.3, -0.25) is 4.79 Å². The monoisotopic (exact) mass is 496 g/mol. The number of thiazole rings is 1. The molecule has 0 spiro atoms. The van der Waals surface area contributed by atoms with Crippen LogP contribution in [-0.2, 0) is 21.2 Å². The van der Waals surface area contributed by atoms with Crippen LogP contribution >= 0.6 is 34.7 Å². The Morgan fingerprint density at radius 3 is 2.58 bits per heavy atom. The lowest BCUT2D eigenvalue weighted by Gasteiger charge is -2.06. The van der Waals surface area contributed by atoms with Gasteiger partial charge in [0.15, 0.2) is 14.6 Å². The van der Waals surface area contributed by atoms with Crippen molar-refractivity contribution in [3.05, 3.63) is 57.3 Å². The normalized spacial score (nSPS) is 12.6. The molecule has 0 aliphatic heterocycles. The van der Waals surface area contributed by atoms with Crippen molar-refractivity contribution in [3.63, 3.8) is 0 Å². The highest BCUT2D eigenvalue weighted by molar-refractivity contribution is 7.98. The second-order valence-electron chi connectivity index (χ2n) is 7.34. The number of halogens is 1. The van der Waals surface area contributed by atoms with Crippen LogP contribution in [0.15, 0.2) is 46.3 Å². The number of fused-ring (bicyclic) bond motifs is 1. The summed E-state index contributed by atoms with van der Waals surface area (Å²) in [6.45, 7) is 4.89. The number of carbonyl (C=O) groups is 1. The third-order valence-electron chi connectivity index (χ3n) is 4.83. The van der Waals surface area contributed by atoms with Crippen LogP contribution in [0, 0.1) is 13.8 Å². The largest absolute Gasteiger partial charge is 0.315 e. The predicted octanol–water partition coefficient (Wildman–Crippen LogP) is 5.02. The van der Waals surface area contributed by atoms with E-state index in [4.69, 9.17) is 11.6 Å². The van der Waals surface area contributed by atoms with Crippen molar-refractivity contribution < 1.29 is 13.2 Å². The number of nitrogens with zero attached hydrogens (tertiary/aromatic N) is 2. The van der Waals surface area contributed by atoms with Gasteiger partial charge >= 0.3 is 0 Å². The first kappa shape index (κ1) is 24.0. The summed E-state index contributed by atoms with van der Waals surface area (Å²) in [5.74, 6) is 0.511. The van der Waals surface area contributed by atoms with Crippen LogP contribution in [0.1, 0.15) is 24.0 Å². The number of sulfone groups is 1. The van der Waals surface area contributed by atoms with Crippen molar-refractivity contribution in [3.8, 4) is 0 Å². The van der Waals surface area contributed by atoms with E-state index in [-0.39, 0.29) is 29.4 Å². The second kappa shape index (κ2) is 10.3.